The van der Waals surface area contributed by atoms with Crippen molar-refractivity contribution < 1.29 is 17.9 Å². The number of carbonyl (C=O) groups is 1. The van der Waals surface area contributed by atoms with Crippen molar-refractivity contribution in [2.75, 3.05) is 22.8 Å². The number of anilines is 2. The van der Waals surface area contributed by atoms with Gasteiger partial charge in [0.1, 0.15) is 6.10 Å². The van der Waals surface area contributed by atoms with Crippen LogP contribution < -0.4 is 15.8 Å². The topological polar surface area (TPSA) is 111 Å². The van der Waals surface area contributed by atoms with Gasteiger partial charge < -0.3 is 15.8 Å². The lowest BCUT2D eigenvalue weighted by molar-refractivity contribution is -0.126. The number of nitrogens with two attached hydrogens (primary N) is 1. The zero-order valence-corrected chi connectivity index (χ0v) is 14.7. The molecule has 2 rings (SSSR count). The van der Waals surface area contributed by atoms with E-state index in [-0.39, 0.29) is 24.4 Å². The summed E-state index contributed by atoms with van der Waals surface area (Å²) in [5.41, 5.74) is 7.24. The van der Waals surface area contributed by atoms with Gasteiger partial charge in [-0.2, -0.15) is 0 Å². The summed E-state index contributed by atoms with van der Waals surface area (Å²) >= 11 is 0. The van der Waals surface area contributed by atoms with Crippen LogP contribution in [0, 0.1) is 6.92 Å². The zero-order valence-electron chi connectivity index (χ0n) is 13.0. The number of aryl methyl sites for hydroxylation is 1. The van der Waals surface area contributed by atoms with Crippen LogP contribution in [0.1, 0.15) is 18.4 Å². The van der Waals surface area contributed by atoms with Crippen LogP contribution in [0.25, 0.3) is 0 Å². The summed E-state index contributed by atoms with van der Waals surface area (Å²) in [5, 5.41) is 2.74. The van der Waals surface area contributed by atoms with E-state index in [1.165, 1.54) is 0 Å². The highest BCUT2D eigenvalue weighted by Gasteiger charge is 2.29. The molecule has 1 aromatic carbocycles. The summed E-state index contributed by atoms with van der Waals surface area (Å²) in [6, 6.07) is 5.04. The van der Waals surface area contributed by atoms with E-state index in [4.69, 9.17) is 10.5 Å². The minimum absolute atomic E-state index is 0. The van der Waals surface area contributed by atoms with Crippen molar-refractivity contribution >= 4 is 39.7 Å². The molecule has 2 atom stereocenters. The van der Waals surface area contributed by atoms with Crippen molar-refractivity contribution in [3.63, 3.8) is 0 Å². The molecule has 0 unspecified atom stereocenters. The van der Waals surface area contributed by atoms with Crippen LogP contribution in [0.4, 0.5) is 11.4 Å². The normalized spacial score (nSPS) is 20.7. The maximum absolute atomic E-state index is 12.1. The van der Waals surface area contributed by atoms with Crippen molar-refractivity contribution in [2.24, 2.45) is 5.73 Å². The van der Waals surface area contributed by atoms with Crippen molar-refractivity contribution in [2.45, 2.75) is 32.0 Å². The third-order valence-electron chi connectivity index (χ3n) is 3.46. The molecule has 1 aromatic rings. The molecule has 1 aliphatic heterocycles. The molecule has 1 heterocycles. The lowest BCUT2D eigenvalue weighted by atomic mass is 10.1. The minimum Gasteiger partial charge on any atom is -0.364 e. The van der Waals surface area contributed by atoms with Gasteiger partial charge in [-0.25, -0.2) is 8.42 Å². The first-order valence-electron chi connectivity index (χ1n) is 7.03. The van der Waals surface area contributed by atoms with Gasteiger partial charge >= 0.3 is 0 Å². The Morgan fingerprint density at radius 3 is 2.65 bits per heavy atom. The first-order chi connectivity index (χ1) is 10.3. The Labute approximate surface area is 142 Å². The molecule has 0 aliphatic carbocycles. The predicted octanol–water partition coefficient (Wildman–Crippen LogP) is 1.23. The van der Waals surface area contributed by atoms with E-state index < -0.39 is 16.1 Å². The van der Waals surface area contributed by atoms with Gasteiger partial charge in [0.25, 0.3) is 5.91 Å². The van der Waals surface area contributed by atoms with Crippen LogP contribution >= 0.6 is 12.4 Å². The highest BCUT2D eigenvalue weighted by molar-refractivity contribution is 7.92. The third-order valence-corrected chi connectivity index (χ3v) is 4.05. The molecule has 0 aromatic heterocycles. The van der Waals surface area contributed by atoms with Crippen LogP contribution in [0.15, 0.2) is 18.2 Å². The SMILES string of the molecule is Cc1ccc(NC(=O)[C@@H]2CC[C@H](CN)O2)cc1NS(C)(=O)=O.Cl. The van der Waals surface area contributed by atoms with E-state index >= 15 is 0 Å². The molecule has 0 spiro atoms. The van der Waals surface area contributed by atoms with Gasteiger partial charge in [-0.05, 0) is 37.5 Å². The molecular weight excluding hydrogens is 342 g/mol. The van der Waals surface area contributed by atoms with E-state index in [9.17, 15) is 13.2 Å². The van der Waals surface area contributed by atoms with Gasteiger partial charge in [0, 0.05) is 12.2 Å². The van der Waals surface area contributed by atoms with Gasteiger partial charge in [-0.15, -0.1) is 12.4 Å². The maximum atomic E-state index is 12.1. The first kappa shape index (κ1) is 19.7. The Balaban J connectivity index is 0.00000264. The number of hydrogen-bond donors (Lipinski definition) is 3. The summed E-state index contributed by atoms with van der Waals surface area (Å²) in [6.07, 6.45) is 1.89. The average Bonchev–Trinajstić information content (AvgIpc) is 2.90. The number of halogens is 1. The molecule has 1 amide bonds. The number of carbonyl (C=O) groups excluding carboxylic acids is 1. The van der Waals surface area contributed by atoms with E-state index in [1.807, 2.05) is 0 Å². The maximum Gasteiger partial charge on any atom is 0.253 e. The summed E-state index contributed by atoms with van der Waals surface area (Å²) in [4.78, 5) is 12.1. The number of nitrogens with one attached hydrogen (secondary N) is 2. The molecule has 0 saturated carbocycles. The van der Waals surface area contributed by atoms with E-state index in [1.54, 1.807) is 25.1 Å². The molecule has 4 N–H and O–H groups in total. The van der Waals surface area contributed by atoms with Crippen LogP contribution in [0.3, 0.4) is 0 Å². The van der Waals surface area contributed by atoms with E-state index in [0.717, 1.165) is 18.2 Å². The zero-order chi connectivity index (χ0) is 16.3. The molecule has 130 valence electrons. The second-order valence-corrected chi connectivity index (χ2v) is 7.20. The van der Waals surface area contributed by atoms with Crippen LogP contribution in [-0.2, 0) is 19.6 Å². The largest absolute Gasteiger partial charge is 0.364 e. The second-order valence-electron chi connectivity index (χ2n) is 5.45. The van der Waals surface area contributed by atoms with Gasteiger partial charge in [-0.1, -0.05) is 6.07 Å². The molecule has 1 aliphatic rings. The number of sulfonamides is 1. The molecule has 0 radical (unpaired) electrons. The fraction of sp³-hybridized carbons (Fsp3) is 0.500. The van der Waals surface area contributed by atoms with Crippen LogP contribution in [0.5, 0.6) is 0 Å². The summed E-state index contributed by atoms with van der Waals surface area (Å²) < 4.78 is 30.6. The minimum atomic E-state index is -3.37. The Morgan fingerprint density at radius 1 is 1.39 bits per heavy atom. The highest BCUT2D eigenvalue weighted by Crippen LogP contribution is 2.24. The average molecular weight is 364 g/mol. The lowest BCUT2D eigenvalue weighted by Crippen LogP contribution is -2.29. The first-order valence-corrected chi connectivity index (χ1v) is 8.92. The number of rotatable bonds is 5. The summed E-state index contributed by atoms with van der Waals surface area (Å²) in [6.45, 7) is 2.18. The molecule has 9 heteroatoms. The Kier molecular flexibility index (Phi) is 6.82. The fourth-order valence-electron chi connectivity index (χ4n) is 2.30. The van der Waals surface area contributed by atoms with Gasteiger partial charge in [0.2, 0.25) is 10.0 Å². The quantitative estimate of drug-likeness (QED) is 0.728. The number of benzene rings is 1. The van der Waals surface area contributed by atoms with Gasteiger partial charge in [0.15, 0.2) is 0 Å². The molecule has 1 saturated heterocycles. The number of hydrogen-bond acceptors (Lipinski definition) is 5. The van der Waals surface area contributed by atoms with Gasteiger partial charge in [-0.3, -0.25) is 9.52 Å². The molecule has 23 heavy (non-hydrogen) atoms. The smallest absolute Gasteiger partial charge is 0.253 e. The van der Waals surface area contributed by atoms with Crippen molar-refractivity contribution in [1.29, 1.82) is 0 Å². The van der Waals surface area contributed by atoms with E-state index in [2.05, 4.69) is 10.0 Å². The Bertz CT molecular complexity index is 666. The van der Waals surface area contributed by atoms with Gasteiger partial charge in [0.05, 0.1) is 18.0 Å². The lowest BCUT2D eigenvalue weighted by Gasteiger charge is -2.14. The molecule has 1 fully saturated rings. The number of amides is 1. The van der Waals surface area contributed by atoms with Crippen LogP contribution in [0.2, 0.25) is 0 Å². The van der Waals surface area contributed by atoms with Crippen LogP contribution in [-0.4, -0.2) is 39.3 Å². The molecule has 0 bridgehead atoms. The third kappa shape index (κ3) is 5.65. The second kappa shape index (κ2) is 7.96. The predicted molar refractivity (Wildman–Crippen MR) is 92.5 cm³/mol. The standard InChI is InChI=1S/C14H21N3O4S.ClH/c1-9-3-4-10(7-12(9)17-22(2,19)20)16-14(18)13-6-5-11(8-15)21-13;/h3-4,7,11,13,17H,5-6,8,15H2,1-2H3,(H,16,18);1H/t11-,13+;/m1./s1. The highest BCUT2D eigenvalue weighted by atomic mass is 35.5. The molecule has 7 nitrogen and oxygen atoms in total. The Morgan fingerprint density at radius 2 is 2.09 bits per heavy atom. The molecular formula is C14H22ClN3O4S. The Hall–Kier alpha value is -1.35. The van der Waals surface area contributed by atoms with Crippen molar-refractivity contribution in [3.8, 4) is 0 Å². The van der Waals surface area contributed by atoms with Crippen molar-refractivity contribution in [3.05, 3.63) is 23.8 Å². The van der Waals surface area contributed by atoms with Crippen molar-refractivity contribution in [1.82, 2.24) is 0 Å². The fourth-order valence-corrected chi connectivity index (χ4v) is 2.92. The summed E-state index contributed by atoms with van der Waals surface area (Å²) in [7, 11) is -3.37. The summed E-state index contributed by atoms with van der Waals surface area (Å²) in [5.74, 6) is -0.245. The monoisotopic (exact) mass is 363 g/mol. The van der Waals surface area contributed by atoms with E-state index in [0.29, 0.717) is 24.3 Å². The number of ether oxygens (including phenoxy) is 1.